The molecule has 0 aromatic carbocycles. The molecule has 136 valence electrons. The van der Waals surface area contributed by atoms with E-state index < -0.39 is 29.3 Å². The second kappa shape index (κ2) is 6.61. The molecule has 2 rings (SSSR count). The number of methoxy groups -OCH3 is 1. The zero-order chi connectivity index (χ0) is 18.8. The molecule has 0 spiro atoms. The van der Waals surface area contributed by atoms with Crippen LogP contribution in [0.25, 0.3) is 5.82 Å². The molecule has 2 heterocycles. The number of nitrogens with one attached hydrogen (secondary N) is 1. The van der Waals surface area contributed by atoms with Gasteiger partial charge in [-0.05, 0) is 26.8 Å². The van der Waals surface area contributed by atoms with E-state index in [-0.39, 0.29) is 11.7 Å². The minimum Gasteiger partial charge on any atom is -0.481 e. The van der Waals surface area contributed by atoms with Crippen LogP contribution in [0.5, 0.6) is 5.88 Å². The van der Waals surface area contributed by atoms with Crippen LogP contribution in [0.2, 0.25) is 0 Å². The van der Waals surface area contributed by atoms with E-state index in [0.717, 1.165) is 6.20 Å². The van der Waals surface area contributed by atoms with Gasteiger partial charge in [0.25, 0.3) is 0 Å². The van der Waals surface area contributed by atoms with Crippen molar-refractivity contribution >= 4 is 11.8 Å². The average molecular weight is 358 g/mol. The van der Waals surface area contributed by atoms with Crippen LogP contribution in [0.1, 0.15) is 26.5 Å². The molecule has 2 aromatic heterocycles. The molecule has 2 aromatic rings. The molecule has 7 nitrogen and oxygen atoms in total. The van der Waals surface area contributed by atoms with Crippen molar-refractivity contribution < 1.29 is 27.4 Å². The first kappa shape index (κ1) is 18.6. The van der Waals surface area contributed by atoms with E-state index in [9.17, 15) is 18.0 Å². The molecule has 25 heavy (non-hydrogen) atoms. The fraction of sp³-hybridized carbons (Fsp3) is 0.400. The third-order valence-electron chi connectivity index (χ3n) is 2.81. The number of anilines is 1. The highest BCUT2D eigenvalue weighted by Crippen LogP contribution is 2.36. The van der Waals surface area contributed by atoms with Crippen LogP contribution >= 0.6 is 0 Å². The van der Waals surface area contributed by atoms with Crippen molar-refractivity contribution in [3.63, 3.8) is 0 Å². The first-order valence-corrected chi connectivity index (χ1v) is 7.18. The van der Waals surface area contributed by atoms with E-state index in [1.807, 2.05) is 0 Å². The fourth-order valence-electron chi connectivity index (χ4n) is 1.94. The van der Waals surface area contributed by atoms with Gasteiger partial charge in [-0.3, -0.25) is 5.32 Å². The van der Waals surface area contributed by atoms with Crippen molar-refractivity contribution in [2.45, 2.75) is 32.5 Å². The van der Waals surface area contributed by atoms with Gasteiger partial charge in [0.1, 0.15) is 5.60 Å². The van der Waals surface area contributed by atoms with Crippen LogP contribution in [0.3, 0.4) is 0 Å². The third kappa shape index (κ3) is 4.61. The van der Waals surface area contributed by atoms with Gasteiger partial charge in [0.05, 0.1) is 19.0 Å². The summed E-state index contributed by atoms with van der Waals surface area (Å²) in [7, 11) is 1.34. The Bertz CT molecular complexity index is 766. The molecule has 0 aliphatic carbocycles. The van der Waals surface area contributed by atoms with Crippen LogP contribution in [0.15, 0.2) is 24.4 Å². The molecule has 0 atom stereocenters. The van der Waals surface area contributed by atoms with Crippen LogP contribution in [-0.2, 0) is 10.9 Å². The monoisotopic (exact) mass is 358 g/mol. The maximum Gasteiger partial charge on any atom is 0.435 e. The van der Waals surface area contributed by atoms with Crippen molar-refractivity contribution in [1.29, 1.82) is 0 Å². The lowest BCUT2D eigenvalue weighted by Crippen LogP contribution is -2.28. The number of carbonyl (C=O) groups is 1. The van der Waals surface area contributed by atoms with Crippen LogP contribution in [0, 0.1) is 0 Å². The molecule has 0 saturated carbocycles. The number of hydrogen-bond donors (Lipinski definition) is 1. The first-order valence-electron chi connectivity index (χ1n) is 7.18. The number of ether oxygens (including phenoxy) is 2. The summed E-state index contributed by atoms with van der Waals surface area (Å²) in [5, 5.41) is 5.75. The summed E-state index contributed by atoms with van der Waals surface area (Å²) in [5.74, 6) is 0.0201. The lowest BCUT2D eigenvalue weighted by atomic mass is 10.2. The van der Waals surface area contributed by atoms with Gasteiger partial charge in [-0.15, -0.1) is 0 Å². The summed E-state index contributed by atoms with van der Waals surface area (Å²) in [5.41, 5.74) is -2.57. The van der Waals surface area contributed by atoms with Crippen LogP contribution < -0.4 is 10.1 Å². The Kier molecular flexibility index (Phi) is 4.91. The highest BCUT2D eigenvalue weighted by atomic mass is 19.4. The van der Waals surface area contributed by atoms with Gasteiger partial charge < -0.3 is 9.47 Å². The lowest BCUT2D eigenvalue weighted by Gasteiger charge is -2.20. The van der Waals surface area contributed by atoms with E-state index in [2.05, 4.69) is 15.4 Å². The van der Waals surface area contributed by atoms with Gasteiger partial charge in [-0.2, -0.15) is 23.3 Å². The SMILES string of the molecule is COc1cccc(-n2ncc(NC(=O)OC(C)(C)C)c2C(F)(F)F)n1. The summed E-state index contributed by atoms with van der Waals surface area (Å²) < 4.78 is 50.9. The van der Waals surface area contributed by atoms with E-state index in [1.165, 1.54) is 25.3 Å². The minimum atomic E-state index is -4.79. The molecular weight excluding hydrogens is 341 g/mol. The number of nitrogens with zero attached hydrogens (tertiary/aromatic N) is 3. The number of amides is 1. The maximum atomic E-state index is 13.5. The summed E-state index contributed by atoms with van der Waals surface area (Å²) in [6, 6.07) is 4.30. The fourth-order valence-corrected chi connectivity index (χ4v) is 1.94. The number of rotatable bonds is 3. The van der Waals surface area contributed by atoms with Crippen molar-refractivity contribution in [2.24, 2.45) is 0 Å². The Labute approximate surface area is 141 Å². The summed E-state index contributed by atoms with van der Waals surface area (Å²) in [4.78, 5) is 15.7. The Hall–Kier alpha value is -2.78. The van der Waals surface area contributed by atoms with Gasteiger partial charge in [0, 0.05) is 6.07 Å². The smallest absolute Gasteiger partial charge is 0.435 e. The highest BCUT2D eigenvalue weighted by molar-refractivity contribution is 5.85. The molecule has 0 aliphatic rings. The topological polar surface area (TPSA) is 78.3 Å². The highest BCUT2D eigenvalue weighted by Gasteiger charge is 2.40. The Morgan fingerprint density at radius 1 is 1.24 bits per heavy atom. The number of aromatic nitrogens is 3. The van der Waals surface area contributed by atoms with Gasteiger partial charge >= 0.3 is 12.3 Å². The van der Waals surface area contributed by atoms with Crippen LogP contribution in [-0.4, -0.2) is 33.6 Å². The molecule has 1 N–H and O–H groups in total. The number of carbonyl (C=O) groups excluding carboxylic acids is 1. The quantitative estimate of drug-likeness (QED) is 0.906. The molecule has 0 saturated heterocycles. The molecule has 0 unspecified atom stereocenters. The molecule has 1 amide bonds. The van der Waals surface area contributed by atoms with Crippen molar-refractivity contribution in [3.05, 3.63) is 30.1 Å². The standard InChI is InChI=1S/C15H17F3N4O3/c1-14(2,3)25-13(23)20-9-8-19-22(12(9)15(16,17)18)10-6-5-7-11(21-10)24-4/h5-8H,1-4H3,(H,20,23). The average Bonchev–Trinajstić information content (AvgIpc) is 2.89. The minimum absolute atomic E-state index is 0.107. The van der Waals surface area contributed by atoms with E-state index in [0.29, 0.717) is 4.68 Å². The molecule has 0 radical (unpaired) electrons. The molecule has 0 fully saturated rings. The van der Waals surface area contributed by atoms with Crippen molar-refractivity contribution in [3.8, 4) is 11.7 Å². The first-order chi connectivity index (χ1) is 11.5. The Morgan fingerprint density at radius 3 is 2.48 bits per heavy atom. The molecule has 10 heteroatoms. The second-order valence-corrected chi connectivity index (χ2v) is 5.98. The third-order valence-corrected chi connectivity index (χ3v) is 2.81. The maximum absolute atomic E-state index is 13.5. The molecular formula is C15H17F3N4O3. The predicted molar refractivity (Wildman–Crippen MR) is 82.8 cm³/mol. The van der Waals surface area contributed by atoms with Gasteiger partial charge in [0.15, 0.2) is 11.5 Å². The number of halogens is 3. The zero-order valence-corrected chi connectivity index (χ0v) is 14.0. The summed E-state index contributed by atoms with van der Waals surface area (Å²) in [6.07, 6.45) is -4.92. The van der Waals surface area contributed by atoms with Gasteiger partial charge in [-0.25, -0.2) is 9.48 Å². The van der Waals surface area contributed by atoms with Gasteiger partial charge in [0.2, 0.25) is 5.88 Å². The summed E-state index contributed by atoms with van der Waals surface area (Å²) in [6.45, 7) is 4.79. The Morgan fingerprint density at radius 2 is 1.92 bits per heavy atom. The molecule has 0 bridgehead atoms. The largest absolute Gasteiger partial charge is 0.481 e. The summed E-state index contributed by atoms with van der Waals surface area (Å²) >= 11 is 0. The number of pyridine rings is 1. The predicted octanol–water partition coefficient (Wildman–Crippen LogP) is 3.64. The lowest BCUT2D eigenvalue weighted by molar-refractivity contribution is -0.142. The second-order valence-electron chi connectivity index (χ2n) is 5.98. The molecule has 0 aliphatic heterocycles. The van der Waals surface area contributed by atoms with E-state index in [4.69, 9.17) is 9.47 Å². The van der Waals surface area contributed by atoms with Crippen molar-refractivity contribution in [2.75, 3.05) is 12.4 Å². The normalized spacial score (nSPS) is 12.0. The number of alkyl halides is 3. The Balaban J connectivity index is 2.43. The van der Waals surface area contributed by atoms with Crippen molar-refractivity contribution in [1.82, 2.24) is 14.8 Å². The zero-order valence-electron chi connectivity index (χ0n) is 14.0. The van der Waals surface area contributed by atoms with Gasteiger partial charge in [-0.1, -0.05) is 6.07 Å². The van der Waals surface area contributed by atoms with E-state index in [1.54, 1.807) is 20.8 Å². The number of hydrogen-bond acceptors (Lipinski definition) is 5. The van der Waals surface area contributed by atoms with Crippen LogP contribution in [0.4, 0.5) is 23.7 Å². The van der Waals surface area contributed by atoms with E-state index >= 15 is 0 Å².